The van der Waals surface area contributed by atoms with Gasteiger partial charge in [-0.05, 0) is 12.1 Å². The van der Waals surface area contributed by atoms with Crippen LogP contribution in [0.5, 0.6) is 0 Å². The van der Waals surface area contributed by atoms with E-state index in [9.17, 15) is 23.3 Å². The summed E-state index contributed by atoms with van der Waals surface area (Å²) in [6, 6.07) is 9.82. The predicted molar refractivity (Wildman–Crippen MR) is 84.5 cm³/mol. The van der Waals surface area contributed by atoms with Crippen molar-refractivity contribution in [1.29, 1.82) is 0 Å². The zero-order chi connectivity index (χ0) is 17.7. The van der Waals surface area contributed by atoms with E-state index in [1.165, 1.54) is 36.5 Å². The van der Waals surface area contributed by atoms with Crippen LogP contribution in [0.1, 0.15) is 16.7 Å². The molecule has 0 saturated carbocycles. The van der Waals surface area contributed by atoms with Crippen molar-refractivity contribution in [2.75, 3.05) is 0 Å². The lowest BCUT2D eigenvalue weighted by Gasteiger charge is -2.06. The van der Waals surface area contributed by atoms with Crippen LogP contribution in [-0.2, 0) is 6.18 Å². The highest BCUT2D eigenvalue weighted by molar-refractivity contribution is 6.69. The van der Waals surface area contributed by atoms with Crippen molar-refractivity contribution in [3.63, 3.8) is 0 Å². The molecule has 0 unspecified atom stereocenters. The first-order chi connectivity index (χ1) is 11.3. The van der Waals surface area contributed by atoms with Crippen molar-refractivity contribution in [1.82, 2.24) is 0 Å². The second-order valence-corrected chi connectivity index (χ2v) is 4.92. The number of nitro groups is 1. The number of hydrogen-bond acceptors (Lipinski definition) is 4. The lowest BCUT2D eigenvalue weighted by Crippen LogP contribution is -2.04. The number of rotatable bonds is 4. The molecule has 2 aromatic rings. The van der Waals surface area contributed by atoms with Gasteiger partial charge in [-0.1, -0.05) is 35.9 Å². The second-order valence-electron chi connectivity index (χ2n) is 4.56. The topological polar surface area (TPSA) is 67.9 Å². The fraction of sp³-hybridized carbons (Fsp3) is 0.0667. The minimum Gasteiger partial charge on any atom is -0.258 e. The molecular weight excluding hydrogens is 347 g/mol. The van der Waals surface area contributed by atoms with Crippen molar-refractivity contribution in [2.45, 2.75) is 6.18 Å². The van der Waals surface area contributed by atoms with Gasteiger partial charge in [0.1, 0.15) is 0 Å². The molecule has 0 aromatic heterocycles. The standard InChI is InChI=1S/C15H9ClF3N3O2/c16-14(11-4-6-12(7-5-11)15(17,18)19)21-20-9-10-2-1-3-13(8-10)22(23)24/h1-9H. The van der Waals surface area contributed by atoms with Gasteiger partial charge in [-0.3, -0.25) is 10.1 Å². The minimum atomic E-state index is -4.43. The molecule has 0 saturated heterocycles. The summed E-state index contributed by atoms with van der Waals surface area (Å²) in [6.45, 7) is 0. The highest BCUT2D eigenvalue weighted by Crippen LogP contribution is 2.29. The van der Waals surface area contributed by atoms with Crippen LogP contribution in [0.3, 0.4) is 0 Å². The third-order valence-electron chi connectivity index (χ3n) is 2.88. The highest BCUT2D eigenvalue weighted by atomic mass is 35.5. The lowest BCUT2D eigenvalue weighted by atomic mass is 10.1. The number of hydrogen-bond donors (Lipinski definition) is 0. The number of nitrogens with zero attached hydrogens (tertiary/aromatic N) is 3. The van der Waals surface area contributed by atoms with Crippen molar-refractivity contribution < 1.29 is 18.1 Å². The molecule has 0 atom stereocenters. The van der Waals surface area contributed by atoms with Gasteiger partial charge < -0.3 is 0 Å². The largest absolute Gasteiger partial charge is 0.416 e. The van der Waals surface area contributed by atoms with Crippen LogP contribution in [0, 0.1) is 10.1 Å². The van der Waals surface area contributed by atoms with E-state index in [0.717, 1.165) is 12.1 Å². The maximum atomic E-state index is 12.5. The van der Waals surface area contributed by atoms with Gasteiger partial charge in [-0.2, -0.15) is 18.3 Å². The Hall–Kier alpha value is -2.74. The smallest absolute Gasteiger partial charge is 0.258 e. The van der Waals surface area contributed by atoms with Gasteiger partial charge in [0.2, 0.25) is 0 Å². The molecule has 24 heavy (non-hydrogen) atoms. The van der Waals surface area contributed by atoms with E-state index < -0.39 is 16.7 Å². The predicted octanol–water partition coefficient (Wildman–Crippen LogP) is 4.63. The van der Waals surface area contributed by atoms with Crippen LogP contribution in [0.15, 0.2) is 58.7 Å². The zero-order valence-electron chi connectivity index (χ0n) is 11.9. The van der Waals surface area contributed by atoms with Crippen LogP contribution in [-0.4, -0.2) is 16.3 Å². The fourth-order valence-electron chi connectivity index (χ4n) is 1.72. The summed E-state index contributed by atoms with van der Waals surface area (Å²) in [7, 11) is 0. The van der Waals surface area contributed by atoms with Gasteiger partial charge in [0.15, 0.2) is 5.17 Å². The van der Waals surface area contributed by atoms with Crippen molar-refractivity contribution in [3.05, 3.63) is 75.3 Å². The molecule has 2 aromatic carbocycles. The molecule has 0 aliphatic carbocycles. The molecule has 0 spiro atoms. The zero-order valence-corrected chi connectivity index (χ0v) is 12.6. The minimum absolute atomic E-state index is 0.100. The van der Waals surface area contributed by atoms with Crippen LogP contribution >= 0.6 is 11.6 Å². The molecule has 0 amide bonds. The molecule has 124 valence electrons. The van der Waals surface area contributed by atoms with E-state index in [1.54, 1.807) is 6.07 Å². The van der Waals surface area contributed by atoms with E-state index in [-0.39, 0.29) is 16.4 Å². The third kappa shape index (κ3) is 4.63. The highest BCUT2D eigenvalue weighted by Gasteiger charge is 2.30. The van der Waals surface area contributed by atoms with E-state index in [2.05, 4.69) is 10.2 Å². The quantitative estimate of drug-likeness (QED) is 0.455. The van der Waals surface area contributed by atoms with Gasteiger partial charge in [0.05, 0.1) is 16.7 Å². The summed E-state index contributed by atoms with van der Waals surface area (Å²) in [5, 5.41) is 17.9. The Balaban J connectivity index is 2.13. The average Bonchev–Trinajstić information content (AvgIpc) is 2.54. The molecule has 0 fully saturated rings. The summed E-state index contributed by atoms with van der Waals surface area (Å²) >= 11 is 5.87. The fourth-order valence-corrected chi connectivity index (χ4v) is 1.89. The first kappa shape index (κ1) is 17.6. The molecule has 2 rings (SSSR count). The van der Waals surface area contributed by atoms with Crippen molar-refractivity contribution in [3.8, 4) is 0 Å². The lowest BCUT2D eigenvalue weighted by molar-refractivity contribution is -0.384. The number of halogens is 4. The Morgan fingerprint density at radius 2 is 1.83 bits per heavy atom. The summed E-state index contributed by atoms with van der Waals surface area (Å²) in [4.78, 5) is 10.1. The number of nitro benzene ring substituents is 1. The Morgan fingerprint density at radius 1 is 1.17 bits per heavy atom. The molecule has 0 radical (unpaired) electrons. The van der Waals surface area contributed by atoms with Crippen LogP contribution in [0.25, 0.3) is 0 Å². The first-order valence-electron chi connectivity index (χ1n) is 6.46. The van der Waals surface area contributed by atoms with Gasteiger partial charge >= 0.3 is 6.18 Å². The summed E-state index contributed by atoms with van der Waals surface area (Å²) in [5.41, 5.74) is -0.196. The van der Waals surface area contributed by atoms with E-state index in [0.29, 0.717) is 5.56 Å². The van der Waals surface area contributed by atoms with Crippen LogP contribution in [0.4, 0.5) is 18.9 Å². The molecule has 0 aliphatic heterocycles. The molecule has 0 heterocycles. The maximum absolute atomic E-state index is 12.5. The Bertz CT molecular complexity index is 802. The molecular formula is C15H9ClF3N3O2. The Morgan fingerprint density at radius 3 is 2.42 bits per heavy atom. The second kappa shape index (κ2) is 7.22. The Labute approximate surface area is 139 Å². The van der Waals surface area contributed by atoms with Gasteiger partial charge in [-0.15, -0.1) is 5.10 Å². The van der Waals surface area contributed by atoms with Gasteiger partial charge in [-0.25, -0.2) is 0 Å². The van der Waals surface area contributed by atoms with Crippen LogP contribution < -0.4 is 0 Å². The third-order valence-corrected chi connectivity index (χ3v) is 3.18. The SMILES string of the molecule is O=[N+]([O-])c1cccc(C=NN=C(Cl)c2ccc(C(F)(F)F)cc2)c1. The number of benzene rings is 2. The molecule has 0 aliphatic rings. The van der Waals surface area contributed by atoms with Crippen molar-refractivity contribution in [2.24, 2.45) is 10.2 Å². The van der Waals surface area contributed by atoms with Gasteiger partial charge in [0.25, 0.3) is 5.69 Å². The molecule has 5 nitrogen and oxygen atoms in total. The van der Waals surface area contributed by atoms with Gasteiger partial charge in [0, 0.05) is 23.3 Å². The summed E-state index contributed by atoms with van der Waals surface area (Å²) in [5.74, 6) is 0. The summed E-state index contributed by atoms with van der Waals surface area (Å²) in [6.07, 6.45) is -3.18. The molecule has 0 N–H and O–H groups in total. The van der Waals surface area contributed by atoms with E-state index in [1.807, 2.05) is 0 Å². The van der Waals surface area contributed by atoms with Crippen LogP contribution in [0.2, 0.25) is 0 Å². The van der Waals surface area contributed by atoms with E-state index >= 15 is 0 Å². The summed E-state index contributed by atoms with van der Waals surface area (Å²) < 4.78 is 37.4. The number of non-ortho nitro benzene ring substituents is 1. The van der Waals surface area contributed by atoms with E-state index in [4.69, 9.17) is 11.6 Å². The monoisotopic (exact) mass is 355 g/mol. The maximum Gasteiger partial charge on any atom is 0.416 e. The van der Waals surface area contributed by atoms with Crippen molar-refractivity contribution >= 4 is 28.7 Å². The Kier molecular flexibility index (Phi) is 5.30. The molecule has 0 bridgehead atoms. The number of alkyl halides is 3. The normalized spacial score (nSPS) is 12.6. The first-order valence-corrected chi connectivity index (χ1v) is 6.84. The average molecular weight is 356 g/mol. The molecule has 9 heteroatoms.